The van der Waals surface area contributed by atoms with Gasteiger partial charge in [-0.25, -0.2) is 20.2 Å². The van der Waals surface area contributed by atoms with Gasteiger partial charge in [-0.2, -0.15) is 4.37 Å². The molecule has 0 aliphatic carbocycles. The molecule has 1 saturated heterocycles. The predicted octanol–water partition coefficient (Wildman–Crippen LogP) is -0.451. The minimum atomic E-state index is -1.29. The lowest BCUT2D eigenvalue weighted by Gasteiger charge is -2.39. The molecule has 0 spiro atoms. The fourth-order valence-corrected chi connectivity index (χ4v) is 3.83. The molecule has 0 bridgehead atoms. The third-order valence-corrected chi connectivity index (χ3v) is 5.75. The van der Waals surface area contributed by atoms with Gasteiger partial charge in [-0.05, 0) is 18.6 Å². The average Bonchev–Trinajstić information content (AvgIpc) is 3.30. The summed E-state index contributed by atoms with van der Waals surface area (Å²) in [6, 6.07) is 1.79. The number of hydroxylamine groups is 1. The largest absolute Gasteiger partial charge is 0.477 e. The Kier molecular flexibility index (Phi) is 8.13. The van der Waals surface area contributed by atoms with Gasteiger partial charge in [0.15, 0.2) is 17.6 Å². The van der Waals surface area contributed by atoms with E-state index in [2.05, 4.69) is 25.1 Å². The van der Waals surface area contributed by atoms with Crippen LogP contribution in [0.15, 0.2) is 23.4 Å². The second-order valence-electron chi connectivity index (χ2n) is 7.90. The van der Waals surface area contributed by atoms with Crippen molar-refractivity contribution in [2.75, 3.05) is 39.1 Å². The summed E-state index contributed by atoms with van der Waals surface area (Å²) in [4.78, 5) is 41.9. The number of aromatic carboxylic acids is 1. The van der Waals surface area contributed by atoms with Crippen molar-refractivity contribution in [1.29, 1.82) is 10.8 Å². The van der Waals surface area contributed by atoms with Crippen molar-refractivity contribution in [3.63, 3.8) is 0 Å². The highest BCUT2D eigenvalue weighted by Gasteiger charge is 2.30. The van der Waals surface area contributed by atoms with Crippen LogP contribution in [0.4, 0.5) is 5.82 Å². The lowest BCUT2D eigenvalue weighted by Crippen LogP contribution is -2.54. The summed E-state index contributed by atoms with van der Waals surface area (Å²) in [7, 11) is 5.10. The van der Waals surface area contributed by atoms with Crippen LogP contribution in [0.1, 0.15) is 15.9 Å². The first-order chi connectivity index (χ1) is 17.0. The van der Waals surface area contributed by atoms with Gasteiger partial charge in [-0.15, -0.1) is 0 Å². The van der Waals surface area contributed by atoms with Crippen LogP contribution < -0.4 is 26.9 Å². The number of fused-ring (bicyclic) bond motifs is 1. The summed E-state index contributed by atoms with van der Waals surface area (Å²) in [5.41, 5.74) is 7.72. The lowest BCUT2D eigenvalue weighted by molar-refractivity contribution is -0.0262. The molecule has 0 unspecified atom stereocenters. The number of nitrogens with one attached hydrogen (secondary N) is 4. The Bertz CT molecular complexity index is 1330. The molecule has 15 nitrogen and oxygen atoms in total. The van der Waals surface area contributed by atoms with Gasteiger partial charge in [0, 0.05) is 52.0 Å². The number of carboxylic acid groups (broad SMARTS) is 1. The number of carboxylic acids is 1. The van der Waals surface area contributed by atoms with Crippen LogP contribution in [-0.4, -0.2) is 87.1 Å². The highest BCUT2D eigenvalue weighted by Crippen LogP contribution is 2.26. The summed E-state index contributed by atoms with van der Waals surface area (Å²) in [5.74, 6) is -0.702. The highest BCUT2D eigenvalue weighted by molar-refractivity contribution is 7.08. The first kappa shape index (κ1) is 26.5. The molecule has 1 aliphatic rings. The molecule has 3 aromatic heterocycles. The molecular weight excluding hydrogens is 490 g/mol. The number of anilines is 1. The van der Waals surface area contributed by atoms with Crippen molar-refractivity contribution in [1.82, 2.24) is 34.6 Å². The SMILES string of the molecule is CN(C)C(=N)NC(=N)N.CNOC1CN(c2cc(C)c3c(=O)c(C(=O)O)cn(-c4ncns4)c3n2)C1. The molecule has 36 heavy (non-hydrogen) atoms. The van der Waals surface area contributed by atoms with E-state index in [1.54, 1.807) is 34.1 Å². The summed E-state index contributed by atoms with van der Waals surface area (Å²) in [6.07, 6.45) is 2.69. The second kappa shape index (κ2) is 11.1. The molecule has 4 heterocycles. The fraction of sp³-hybridized carbons (Fsp3) is 0.350. The number of pyridine rings is 2. The third-order valence-electron chi connectivity index (χ3n) is 5.09. The van der Waals surface area contributed by atoms with Crippen LogP contribution in [0.5, 0.6) is 0 Å². The van der Waals surface area contributed by atoms with E-state index in [4.69, 9.17) is 21.4 Å². The normalized spacial score (nSPS) is 12.9. The van der Waals surface area contributed by atoms with Crippen molar-refractivity contribution in [3.8, 4) is 5.13 Å². The third kappa shape index (κ3) is 5.73. The number of nitrogens with two attached hydrogens (primary N) is 1. The number of carbonyl (C=O) groups is 1. The van der Waals surface area contributed by atoms with E-state index in [0.29, 0.717) is 35.2 Å². The van der Waals surface area contributed by atoms with Crippen LogP contribution >= 0.6 is 11.5 Å². The van der Waals surface area contributed by atoms with Gasteiger partial charge >= 0.3 is 5.97 Å². The van der Waals surface area contributed by atoms with E-state index in [0.717, 1.165) is 11.5 Å². The van der Waals surface area contributed by atoms with Crippen molar-refractivity contribution in [3.05, 3.63) is 39.9 Å². The fourth-order valence-electron chi connectivity index (χ4n) is 3.32. The first-order valence-corrected chi connectivity index (χ1v) is 11.3. The van der Waals surface area contributed by atoms with Crippen LogP contribution in [0.25, 0.3) is 16.2 Å². The Morgan fingerprint density at radius 3 is 2.56 bits per heavy atom. The number of hydrogen-bond donors (Lipinski definition) is 6. The number of nitrogens with zero attached hydrogens (tertiary/aromatic N) is 6. The summed E-state index contributed by atoms with van der Waals surface area (Å²) >= 11 is 1.09. The van der Waals surface area contributed by atoms with Crippen LogP contribution in [-0.2, 0) is 4.84 Å². The van der Waals surface area contributed by atoms with Crippen LogP contribution in [0.3, 0.4) is 0 Å². The maximum Gasteiger partial charge on any atom is 0.341 e. The predicted molar refractivity (Wildman–Crippen MR) is 135 cm³/mol. The number of guanidine groups is 2. The zero-order valence-electron chi connectivity index (χ0n) is 20.1. The first-order valence-electron chi connectivity index (χ1n) is 10.5. The molecule has 7 N–H and O–H groups in total. The molecule has 16 heteroatoms. The Balaban J connectivity index is 0.000000345. The Hall–Kier alpha value is -4.15. The van der Waals surface area contributed by atoms with E-state index < -0.39 is 11.4 Å². The molecule has 0 aromatic carbocycles. The van der Waals surface area contributed by atoms with Gasteiger partial charge in [-0.1, -0.05) is 0 Å². The molecule has 0 radical (unpaired) electrons. The summed E-state index contributed by atoms with van der Waals surface area (Å²) < 4.78 is 5.47. The number of aromatic nitrogens is 4. The van der Waals surface area contributed by atoms with Crippen molar-refractivity contribution >= 4 is 46.3 Å². The average molecular weight is 518 g/mol. The zero-order valence-corrected chi connectivity index (χ0v) is 20.9. The molecule has 1 aliphatic heterocycles. The number of rotatable bonds is 5. The highest BCUT2D eigenvalue weighted by atomic mass is 32.1. The van der Waals surface area contributed by atoms with Crippen molar-refractivity contribution in [2.45, 2.75) is 13.0 Å². The Labute approximate surface area is 209 Å². The van der Waals surface area contributed by atoms with Gasteiger partial charge in [-0.3, -0.25) is 30.3 Å². The zero-order chi connectivity index (χ0) is 26.6. The van der Waals surface area contributed by atoms with E-state index >= 15 is 0 Å². The monoisotopic (exact) mass is 517 g/mol. The molecule has 192 valence electrons. The van der Waals surface area contributed by atoms with E-state index in [9.17, 15) is 14.7 Å². The summed E-state index contributed by atoms with van der Waals surface area (Å²) in [5, 5.41) is 26.2. The van der Waals surface area contributed by atoms with Crippen LogP contribution in [0.2, 0.25) is 0 Å². The molecule has 0 atom stereocenters. The molecular formula is C20H27N11O4S. The molecule has 3 aromatic rings. The van der Waals surface area contributed by atoms with Gasteiger partial charge in [0.25, 0.3) is 0 Å². The van der Waals surface area contributed by atoms with Crippen molar-refractivity contribution < 1.29 is 14.7 Å². The van der Waals surface area contributed by atoms with Gasteiger partial charge in [0.05, 0.1) is 5.39 Å². The minimum absolute atomic E-state index is 0.0625. The molecule has 0 saturated carbocycles. The standard InChI is InChI=1S/C16H16N6O4S.C4H11N5/c1-8-3-11(21-4-9(5-21)26-17-2)20-14-12(8)13(23)10(15(24)25)6-22(14)16-18-7-19-27-16;1-9(2)4(7)8-3(5)6/h3,6-7,9,17H,4-5H2,1-2H3,(H,24,25);1-2H3,(H5,5,6,7,8). The maximum atomic E-state index is 12.7. The Morgan fingerprint density at radius 2 is 2.06 bits per heavy atom. The molecule has 4 rings (SSSR count). The smallest absolute Gasteiger partial charge is 0.341 e. The van der Waals surface area contributed by atoms with Crippen molar-refractivity contribution in [2.24, 2.45) is 5.73 Å². The Morgan fingerprint density at radius 1 is 1.36 bits per heavy atom. The van der Waals surface area contributed by atoms with Crippen LogP contribution in [0, 0.1) is 17.7 Å². The topological polar surface area (TPSA) is 211 Å². The van der Waals surface area contributed by atoms with Gasteiger partial charge < -0.3 is 20.6 Å². The molecule has 1 fully saturated rings. The second-order valence-corrected chi connectivity index (χ2v) is 8.66. The van der Waals surface area contributed by atoms with E-state index in [-0.39, 0.29) is 29.0 Å². The minimum Gasteiger partial charge on any atom is -0.477 e. The lowest BCUT2D eigenvalue weighted by atomic mass is 10.1. The number of aryl methyl sites for hydroxylation is 1. The molecule has 0 amide bonds. The van der Waals surface area contributed by atoms with E-state index in [1.165, 1.54) is 22.0 Å². The summed E-state index contributed by atoms with van der Waals surface area (Å²) in [6.45, 7) is 3.09. The van der Waals surface area contributed by atoms with Gasteiger partial charge in [0.1, 0.15) is 23.8 Å². The van der Waals surface area contributed by atoms with E-state index in [1.807, 2.05) is 4.90 Å². The van der Waals surface area contributed by atoms with Gasteiger partial charge in [0.2, 0.25) is 10.6 Å². The maximum absolute atomic E-state index is 12.7. The quantitative estimate of drug-likeness (QED) is 0.144. The number of hydrogen-bond acceptors (Lipinski definition) is 11.